The van der Waals surface area contributed by atoms with Crippen molar-refractivity contribution in [2.75, 3.05) is 0 Å². The van der Waals surface area contributed by atoms with Crippen LogP contribution in [0.3, 0.4) is 0 Å². The molecule has 0 aliphatic heterocycles. The van der Waals surface area contributed by atoms with Crippen LogP contribution in [0.4, 0.5) is 5.00 Å². The molecular formula is C23H20N2OS. The lowest BCUT2D eigenvalue weighted by atomic mass is 9.96. The standard InChI is InChI=1S/C23H20N2OS/c24-14-21-20-8-4-5-9-22(20)27-23(21)25-15-17-10-12-19(13-11-17)26-16-18-6-2-1-3-7-18/h1-3,6-7,10-13,15H,4-5,8-9,16H2. The quantitative estimate of drug-likeness (QED) is 0.529. The molecule has 4 rings (SSSR count). The van der Waals surface area contributed by atoms with Gasteiger partial charge in [-0.25, -0.2) is 4.99 Å². The van der Waals surface area contributed by atoms with Crippen LogP contribution in [0.15, 0.2) is 59.6 Å². The molecule has 1 aliphatic carbocycles. The fourth-order valence-corrected chi connectivity index (χ4v) is 4.47. The van der Waals surface area contributed by atoms with E-state index in [0.29, 0.717) is 6.61 Å². The average Bonchev–Trinajstić information content (AvgIpc) is 3.10. The Balaban J connectivity index is 1.44. The molecule has 1 aliphatic rings. The zero-order chi connectivity index (χ0) is 18.5. The Hall–Kier alpha value is -2.90. The van der Waals surface area contributed by atoms with Crippen molar-refractivity contribution in [3.05, 3.63) is 81.7 Å². The van der Waals surface area contributed by atoms with Gasteiger partial charge in [-0.15, -0.1) is 11.3 Å². The summed E-state index contributed by atoms with van der Waals surface area (Å²) in [5.41, 5.74) is 4.14. The van der Waals surface area contributed by atoms with Crippen LogP contribution in [0.2, 0.25) is 0 Å². The number of nitriles is 1. The lowest BCUT2D eigenvalue weighted by molar-refractivity contribution is 0.306. The van der Waals surface area contributed by atoms with Crippen LogP contribution in [0.5, 0.6) is 5.75 Å². The third-order valence-electron chi connectivity index (χ3n) is 4.72. The van der Waals surface area contributed by atoms with Gasteiger partial charge in [0.15, 0.2) is 0 Å². The number of thiophene rings is 1. The first-order valence-corrected chi connectivity index (χ1v) is 10.0. The van der Waals surface area contributed by atoms with E-state index in [-0.39, 0.29) is 0 Å². The number of aliphatic imine (C=N–C) groups is 1. The summed E-state index contributed by atoms with van der Waals surface area (Å²) in [5.74, 6) is 0.834. The van der Waals surface area contributed by atoms with Crippen LogP contribution in [0.1, 0.15) is 40.0 Å². The van der Waals surface area contributed by atoms with E-state index in [1.54, 1.807) is 11.3 Å². The molecule has 0 unspecified atom stereocenters. The molecular weight excluding hydrogens is 352 g/mol. The van der Waals surface area contributed by atoms with Crippen LogP contribution in [-0.4, -0.2) is 6.21 Å². The summed E-state index contributed by atoms with van der Waals surface area (Å²) < 4.78 is 5.82. The molecule has 0 atom stereocenters. The highest BCUT2D eigenvalue weighted by molar-refractivity contribution is 7.16. The summed E-state index contributed by atoms with van der Waals surface area (Å²) in [6, 6.07) is 20.4. The van der Waals surface area contributed by atoms with Gasteiger partial charge in [-0.1, -0.05) is 30.3 Å². The first-order chi connectivity index (χ1) is 13.3. The maximum absolute atomic E-state index is 9.52. The van der Waals surface area contributed by atoms with Crippen molar-refractivity contribution in [3.8, 4) is 11.8 Å². The zero-order valence-corrected chi connectivity index (χ0v) is 15.8. The lowest BCUT2D eigenvalue weighted by Gasteiger charge is -2.09. The minimum absolute atomic E-state index is 0.556. The molecule has 0 N–H and O–H groups in total. The number of rotatable bonds is 5. The molecule has 1 aromatic heterocycles. The predicted octanol–water partition coefficient (Wildman–Crippen LogP) is 5.83. The number of benzene rings is 2. The van der Waals surface area contributed by atoms with E-state index >= 15 is 0 Å². The Labute approximate surface area is 163 Å². The van der Waals surface area contributed by atoms with Gasteiger partial charge in [0, 0.05) is 11.1 Å². The maximum atomic E-state index is 9.52. The fourth-order valence-electron chi connectivity index (χ4n) is 3.28. The first-order valence-electron chi connectivity index (χ1n) is 9.19. The summed E-state index contributed by atoms with van der Waals surface area (Å²) in [4.78, 5) is 5.95. The Morgan fingerprint density at radius 3 is 2.59 bits per heavy atom. The van der Waals surface area contributed by atoms with E-state index in [2.05, 4.69) is 23.2 Å². The molecule has 0 saturated carbocycles. The smallest absolute Gasteiger partial charge is 0.134 e. The van der Waals surface area contributed by atoms with Crippen molar-refractivity contribution in [1.29, 1.82) is 5.26 Å². The molecule has 0 spiro atoms. The van der Waals surface area contributed by atoms with Crippen LogP contribution in [-0.2, 0) is 19.4 Å². The number of nitrogens with zero attached hydrogens (tertiary/aromatic N) is 2. The van der Waals surface area contributed by atoms with Crippen molar-refractivity contribution in [3.63, 3.8) is 0 Å². The minimum atomic E-state index is 0.556. The summed E-state index contributed by atoms with van der Waals surface area (Å²) in [7, 11) is 0. The molecule has 0 bridgehead atoms. The molecule has 3 aromatic rings. The van der Waals surface area contributed by atoms with Crippen molar-refractivity contribution in [2.45, 2.75) is 32.3 Å². The summed E-state index contributed by atoms with van der Waals surface area (Å²) >= 11 is 1.67. The summed E-state index contributed by atoms with van der Waals surface area (Å²) in [6.45, 7) is 0.556. The minimum Gasteiger partial charge on any atom is -0.489 e. The van der Waals surface area contributed by atoms with E-state index in [9.17, 15) is 5.26 Å². The summed E-state index contributed by atoms with van der Waals surface area (Å²) in [5, 5.41) is 10.4. The first kappa shape index (κ1) is 17.5. The van der Waals surface area contributed by atoms with E-state index < -0.39 is 0 Å². The Bertz CT molecular complexity index is 982. The maximum Gasteiger partial charge on any atom is 0.134 e. The lowest BCUT2D eigenvalue weighted by Crippen LogP contribution is -1.99. The normalized spacial score (nSPS) is 13.3. The van der Waals surface area contributed by atoms with Crippen LogP contribution in [0, 0.1) is 11.3 Å². The fraction of sp³-hybridized carbons (Fsp3) is 0.217. The Morgan fingerprint density at radius 1 is 1.04 bits per heavy atom. The third-order valence-corrected chi connectivity index (χ3v) is 5.92. The number of fused-ring (bicyclic) bond motifs is 1. The highest BCUT2D eigenvalue weighted by atomic mass is 32.1. The second-order valence-corrected chi connectivity index (χ2v) is 7.69. The molecule has 2 aromatic carbocycles. The van der Waals surface area contributed by atoms with Crippen LogP contribution < -0.4 is 4.74 Å². The second kappa shape index (κ2) is 8.20. The molecule has 4 heteroatoms. The van der Waals surface area contributed by atoms with Crippen LogP contribution in [0.25, 0.3) is 0 Å². The molecule has 0 saturated heterocycles. The zero-order valence-electron chi connectivity index (χ0n) is 15.0. The molecule has 0 radical (unpaired) electrons. The Kier molecular flexibility index (Phi) is 5.32. The van der Waals surface area contributed by atoms with Crippen molar-refractivity contribution in [2.24, 2.45) is 4.99 Å². The predicted molar refractivity (Wildman–Crippen MR) is 110 cm³/mol. The van der Waals surface area contributed by atoms with Crippen molar-refractivity contribution >= 4 is 22.6 Å². The number of aryl methyl sites for hydroxylation is 1. The van der Waals surface area contributed by atoms with E-state index in [1.807, 2.05) is 48.7 Å². The van der Waals surface area contributed by atoms with Gasteiger partial charge in [0.25, 0.3) is 0 Å². The van der Waals surface area contributed by atoms with Gasteiger partial charge in [0.05, 0.1) is 5.56 Å². The van der Waals surface area contributed by atoms with E-state index in [4.69, 9.17) is 4.74 Å². The number of ether oxygens (including phenoxy) is 1. The molecule has 27 heavy (non-hydrogen) atoms. The van der Waals surface area contributed by atoms with Gasteiger partial charge in [0.2, 0.25) is 0 Å². The molecule has 0 fully saturated rings. The summed E-state index contributed by atoms with van der Waals surface area (Å²) in [6.07, 6.45) is 6.31. The van der Waals surface area contributed by atoms with Crippen LogP contribution >= 0.6 is 11.3 Å². The molecule has 3 nitrogen and oxygen atoms in total. The van der Waals surface area contributed by atoms with Crippen molar-refractivity contribution in [1.82, 2.24) is 0 Å². The van der Waals surface area contributed by atoms with E-state index in [1.165, 1.54) is 23.3 Å². The van der Waals surface area contributed by atoms with Gasteiger partial charge < -0.3 is 4.74 Å². The monoisotopic (exact) mass is 372 g/mol. The number of hydrogen-bond acceptors (Lipinski definition) is 4. The highest BCUT2D eigenvalue weighted by Gasteiger charge is 2.20. The van der Waals surface area contributed by atoms with Gasteiger partial charge in [-0.05, 0) is 66.6 Å². The van der Waals surface area contributed by atoms with Gasteiger partial charge in [-0.3, -0.25) is 0 Å². The largest absolute Gasteiger partial charge is 0.489 e. The molecule has 1 heterocycles. The number of hydrogen-bond donors (Lipinski definition) is 0. The second-order valence-electron chi connectivity index (χ2n) is 6.60. The average molecular weight is 372 g/mol. The Morgan fingerprint density at radius 2 is 1.81 bits per heavy atom. The van der Waals surface area contributed by atoms with Gasteiger partial charge in [0.1, 0.15) is 23.4 Å². The van der Waals surface area contributed by atoms with E-state index in [0.717, 1.165) is 40.3 Å². The van der Waals surface area contributed by atoms with Crippen molar-refractivity contribution < 1.29 is 4.74 Å². The van der Waals surface area contributed by atoms with Gasteiger partial charge >= 0.3 is 0 Å². The highest BCUT2D eigenvalue weighted by Crippen LogP contribution is 2.39. The topological polar surface area (TPSA) is 45.4 Å². The van der Waals surface area contributed by atoms with Gasteiger partial charge in [-0.2, -0.15) is 5.26 Å². The SMILES string of the molecule is N#Cc1c(N=Cc2ccc(OCc3ccccc3)cc2)sc2c1CCCC2. The third kappa shape index (κ3) is 4.10. The molecule has 0 amide bonds. The molecule has 134 valence electrons.